The number of aliphatic carboxylic acids is 1. The number of carbonyl (C=O) groups excluding carboxylic acids is 2. The van der Waals surface area contributed by atoms with Crippen LogP contribution in [-0.4, -0.2) is 36.1 Å². The predicted octanol–water partition coefficient (Wildman–Crippen LogP) is 1.19. The molecule has 0 saturated heterocycles. The number of rotatable bonds is 6. The molecule has 0 spiro atoms. The molecule has 0 saturated carbocycles. The zero-order valence-electron chi connectivity index (χ0n) is 10.6. The molecule has 0 aromatic carbocycles. The summed E-state index contributed by atoms with van der Waals surface area (Å²) in [6.45, 7) is 1.77. The molecule has 1 rings (SSSR count). The number of nitrogens with one attached hydrogen (secondary N) is 1. The second kappa shape index (κ2) is 6.89. The molecule has 7 heteroatoms. The molecule has 1 amide bonds. The number of thiophene rings is 1. The van der Waals surface area contributed by atoms with Crippen LogP contribution in [-0.2, 0) is 14.3 Å². The molecular formula is C12H15NO5S. The molecule has 0 radical (unpaired) electrons. The van der Waals surface area contributed by atoms with Crippen LogP contribution in [0.3, 0.4) is 0 Å². The van der Waals surface area contributed by atoms with Gasteiger partial charge in [0, 0.05) is 6.42 Å². The minimum atomic E-state index is -1.17. The van der Waals surface area contributed by atoms with Crippen molar-refractivity contribution >= 4 is 29.2 Å². The van der Waals surface area contributed by atoms with Crippen LogP contribution in [0.25, 0.3) is 0 Å². The molecule has 104 valence electrons. The summed E-state index contributed by atoms with van der Waals surface area (Å²) in [6.07, 6.45) is -0.0602. The molecule has 6 nitrogen and oxygen atoms in total. The van der Waals surface area contributed by atoms with Crippen molar-refractivity contribution in [2.45, 2.75) is 25.8 Å². The fourth-order valence-electron chi connectivity index (χ4n) is 1.45. The van der Waals surface area contributed by atoms with E-state index in [0.717, 1.165) is 5.56 Å². The lowest BCUT2D eigenvalue weighted by Crippen LogP contribution is -2.41. The van der Waals surface area contributed by atoms with Crippen molar-refractivity contribution in [3.63, 3.8) is 0 Å². The highest BCUT2D eigenvalue weighted by Crippen LogP contribution is 2.15. The monoisotopic (exact) mass is 285 g/mol. The highest BCUT2D eigenvalue weighted by atomic mass is 32.1. The second-order valence-electron chi connectivity index (χ2n) is 3.91. The number of hydrogen-bond donors (Lipinski definition) is 2. The fourth-order valence-corrected chi connectivity index (χ4v) is 2.28. The Morgan fingerprint density at radius 2 is 2.16 bits per heavy atom. The Bertz CT molecular complexity index is 482. The largest absolute Gasteiger partial charge is 0.480 e. The van der Waals surface area contributed by atoms with Gasteiger partial charge in [0.25, 0.3) is 5.91 Å². The summed E-state index contributed by atoms with van der Waals surface area (Å²) in [5.41, 5.74) is 0.791. The number of hydrogen-bond acceptors (Lipinski definition) is 5. The van der Waals surface area contributed by atoms with Crippen molar-refractivity contribution in [2.24, 2.45) is 0 Å². The van der Waals surface area contributed by atoms with Gasteiger partial charge in [0.15, 0.2) is 0 Å². The first-order valence-electron chi connectivity index (χ1n) is 5.60. The standard InChI is InChI=1S/C12H15NO5S/c1-7-5-6-19-10(7)11(15)13-8(12(16)17)3-4-9(14)18-2/h5-6,8H,3-4H2,1-2H3,(H,13,15)(H,16,17). The zero-order chi connectivity index (χ0) is 14.4. The number of amides is 1. The van der Waals surface area contributed by atoms with Crippen molar-refractivity contribution in [3.05, 3.63) is 21.9 Å². The van der Waals surface area contributed by atoms with Crippen molar-refractivity contribution in [2.75, 3.05) is 7.11 Å². The van der Waals surface area contributed by atoms with Gasteiger partial charge in [-0.05, 0) is 30.4 Å². The van der Waals surface area contributed by atoms with E-state index in [9.17, 15) is 14.4 Å². The zero-order valence-corrected chi connectivity index (χ0v) is 11.5. The lowest BCUT2D eigenvalue weighted by Gasteiger charge is -2.13. The van der Waals surface area contributed by atoms with E-state index >= 15 is 0 Å². The molecule has 1 heterocycles. The predicted molar refractivity (Wildman–Crippen MR) is 69.2 cm³/mol. The topological polar surface area (TPSA) is 92.7 Å². The van der Waals surface area contributed by atoms with Gasteiger partial charge in [0.1, 0.15) is 6.04 Å². The van der Waals surface area contributed by atoms with Crippen LogP contribution < -0.4 is 5.32 Å². The van der Waals surface area contributed by atoms with Crippen LogP contribution in [0, 0.1) is 6.92 Å². The van der Waals surface area contributed by atoms with Crippen molar-refractivity contribution in [1.29, 1.82) is 0 Å². The van der Waals surface area contributed by atoms with Crippen LogP contribution in [0.1, 0.15) is 28.1 Å². The van der Waals surface area contributed by atoms with Crippen molar-refractivity contribution in [1.82, 2.24) is 5.32 Å². The first-order valence-corrected chi connectivity index (χ1v) is 6.48. The molecule has 1 unspecified atom stereocenters. The molecule has 1 aromatic rings. The molecule has 0 aliphatic rings. The van der Waals surface area contributed by atoms with Crippen molar-refractivity contribution in [3.8, 4) is 0 Å². The van der Waals surface area contributed by atoms with Crippen LogP contribution in [0.15, 0.2) is 11.4 Å². The van der Waals surface area contributed by atoms with Crippen molar-refractivity contribution < 1.29 is 24.2 Å². The lowest BCUT2D eigenvalue weighted by molar-refractivity contribution is -0.142. The summed E-state index contributed by atoms with van der Waals surface area (Å²) in [4.78, 5) is 34.4. The Labute approximate surface area is 114 Å². The van der Waals surface area contributed by atoms with E-state index in [-0.39, 0.29) is 12.8 Å². The second-order valence-corrected chi connectivity index (χ2v) is 4.83. The molecule has 0 bridgehead atoms. The number of methoxy groups -OCH3 is 1. The summed E-state index contributed by atoms with van der Waals surface area (Å²) in [5.74, 6) is -2.12. The van der Waals surface area contributed by atoms with Gasteiger partial charge in [-0.1, -0.05) is 0 Å². The van der Waals surface area contributed by atoms with E-state index in [2.05, 4.69) is 10.1 Å². The summed E-state index contributed by atoms with van der Waals surface area (Å²) >= 11 is 1.24. The van der Waals surface area contributed by atoms with E-state index in [1.165, 1.54) is 18.4 Å². The molecular weight excluding hydrogens is 270 g/mol. The highest BCUT2D eigenvalue weighted by molar-refractivity contribution is 7.12. The first kappa shape index (κ1) is 15.2. The first-order chi connectivity index (χ1) is 8.95. The Hall–Kier alpha value is -1.89. The van der Waals surface area contributed by atoms with Gasteiger partial charge < -0.3 is 15.2 Å². The summed E-state index contributed by atoms with van der Waals surface area (Å²) in [6, 6.07) is 0.678. The average molecular weight is 285 g/mol. The van der Waals surface area contributed by atoms with Gasteiger partial charge in [-0.3, -0.25) is 9.59 Å². The third-order valence-corrected chi connectivity index (χ3v) is 3.55. The maximum atomic E-state index is 11.9. The maximum absolute atomic E-state index is 11.9. The number of ether oxygens (including phenoxy) is 1. The third-order valence-electron chi connectivity index (χ3n) is 2.54. The number of esters is 1. The minimum Gasteiger partial charge on any atom is -0.480 e. The maximum Gasteiger partial charge on any atom is 0.326 e. The Morgan fingerprint density at radius 3 is 2.63 bits per heavy atom. The Balaban J connectivity index is 2.64. The van der Waals surface area contributed by atoms with Crippen LogP contribution in [0.4, 0.5) is 0 Å². The van der Waals surface area contributed by atoms with Crippen LogP contribution >= 0.6 is 11.3 Å². The van der Waals surface area contributed by atoms with Crippen LogP contribution in [0.5, 0.6) is 0 Å². The lowest BCUT2D eigenvalue weighted by atomic mass is 10.1. The number of aryl methyl sites for hydroxylation is 1. The Morgan fingerprint density at radius 1 is 1.47 bits per heavy atom. The van der Waals surface area contributed by atoms with Gasteiger partial charge in [-0.15, -0.1) is 11.3 Å². The molecule has 0 fully saturated rings. The van der Waals surface area contributed by atoms with E-state index in [4.69, 9.17) is 5.11 Å². The SMILES string of the molecule is COC(=O)CCC(NC(=O)c1sccc1C)C(=O)O. The number of carboxylic acids is 1. The molecule has 1 atom stereocenters. The van der Waals surface area contributed by atoms with Gasteiger partial charge in [-0.25, -0.2) is 4.79 Å². The van der Waals surface area contributed by atoms with E-state index < -0.39 is 23.9 Å². The van der Waals surface area contributed by atoms with Gasteiger partial charge in [0.2, 0.25) is 0 Å². The van der Waals surface area contributed by atoms with Gasteiger partial charge >= 0.3 is 11.9 Å². The fraction of sp³-hybridized carbons (Fsp3) is 0.417. The van der Waals surface area contributed by atoms with E-state index in [1.54, 1.807) is 18.4 Å². The highest BCUT2D eigenvalue weighted by Gasteiger charge is 2.22. The third kappa shape index (κ3) is 4.36. The quantitative estimate of drug-likeness (QED) is 0.766. The summed E-state index contributed by atoms with van der Waals surface area (Å²) < 4.78 is 4.43. The molecule has 0 aliphatic carbocycles. The molecule has 2 N–H and O–H groups in total. The molecule has 1 aromatic heterocycles. The summed E-state index contributed by atoms with van der Waals surface area (Å²) in [5, 5.41) is 13.2. The van der Waals surface area contributed by atoms with Gasteiger partial charge in [-0.2, -0.15) is 0 Å². The van der Waals surface area contributed by atoms with E-state index in [1.807, 2.05) is 0 Å². The number of carbonyl (C=O) groups is 3. The molecule has 0 aliphatic heterocycles. The molecule has 19 heavy (non-hydrogen) atoms. The summed E-state index contributed by atoms with van der Waals surface area (Å²) in [7, 11) is 1.23. The number of carboxylic acid groups (broad SMARTS) is 1. The Kier molecular flexibility index (Phi) is 5.50. The van der Waals surface area contributed by atoms with E-state index in [0.29, 0.717) is 4.88 Å². The smallest absolute Gasteiger partial charge is 0.326 e. The van der Waals surface area contributed by atoms with Gasteiger partial charge in [0.05, 0.1) is 12.0 Å². The normalized spacial score (nSPS) is 11.7. The minimum absolute atomic E-state index is 0.00182. The van der Waals surface area contributed by atoms with Crippen LogP contribution in [0.2, 0.25) is 0 Å². The average Bonchev–Trinajstić information content (AvgIpc) is 2.79.